The highest BCUT2D eigenvalue weighted by Gasteiger charge is 2.45. The van der Waals surface area contributed by atoms with Crippen molar-refractivity contribution in [2.75, 3.05) is 13.2 Å². The molecule has 2 aliphatic rings. The Balaban J connectivity index is 2.27. The lowest BCUT2D eigenvalue weighted by Crippen LogP contribution is -2.60. The van der Waals surface area contributed by atoms with Gasteiger partial charge in [-0.15, -0.1) is 0 Å². The fourth-order valence-corrected chi connectivity index (χ4v) is 4.17. The molecule has 0 saturated heterocycles. The van der Waals surface area contributed by atoms with Gasteiger partial charge >= 0.3 is 5.97 Å². The van der Waals surface area contributed by atoms with Gasteiger partial charge in [-0.25, -0.2) is 9.79 Å². The molecule has 5 atom stereocenters. The third-order valence-corrected chi connectivity index (χ3v) is 5.64. The van der Waals surface area contributed by atoms with Gasteiger partial charge in [0.1, 0.15) is 12.2 Å². The monoisotopic (exact) mass is 442 g/mol. The van der Waals surface area contributed by atoms with Gasteiger partial charge in [0, 0.05) is 13.5 Å². The molecular formula is C20H34N4O7. The summed E-state index contributed by atoms with van der Waals surface area (Å²) >= 11 is 0. The minimum absolute atomic E-state index is 0.290. The maximum atomic E-state index is 11.8. The second-order valence-electron chi connectivity index (χ2n) is 8.07. The third kappa shape index (κ3) is 7.37. The molecule has 2 rings (SSSR count). The molecule has 0 aromatic carbocycles. The van der Waals surface area contributed by atoms with Crippen molar-refractivity contribution in [2.24, 2.45) is 22.4 Å². The first-order valence-electron chi connectivity index (χ1n) is 10.6. The molecule has 1 fully saturated rings. The predicted octanol–water partition coefficient (Wildman–Crippen LogP) is -0.791. The first-order valence-corrected chi connectivity index (χ1v) is 10.6. The summed E-state index contributed by atoms with van der Waals surface area (Å²) in [4.78, 5) is 27.4. The van der Waals surface area contributed by atoms with E-state index in [0.717, 1.165) is 19.3 Å². The number of carbonyl (C=O) groups is 2. The predicted molar refractivity (Wildman–Crippen MR) is 112 cm³/mol. The zero-order valence-corrected chi connectivity index (χ0v) is 17.8. The molecule has 0 bridgehead atoms. The number of ether oxygens (including phenoxy) is 2. The van der Waals surface area contributed by atoms with E-state index in [9.17, 15) is 24.9 Å². The summed E-state index contributed by atoms with van der Waals surface area (Å²) in [5.41, 5.74) is 11.0. The van der Waals surface area contributed by atoms with Crippen molar-refractivity contribution in [3.05, 3.63) is 11.8 Å². The zero-order valence-electron chi connectivity index (χ0n) is 17.8. The quantitative estimate of drug-likeness (QED) is 0.186. The van der Waals surface area contributed by atoms with Crippen LogP contribution in [-0.2, 0) is 19.1 Å². The smallest absolute Gasteiger partial charge is 0.370 e. The lowest BCUT2D eigenvalue weighted by molar-refractivity contribution is -0.154. The first kappa shape index (κ1) is 24.9. The summed E-state index contributed by atoms with van der Waals surface area (Å²) in [6, 6.07) is -1.89. The number of nitrogens with two attached hydrogens (primary N) is 2. The van der Waals surface area contributed by atoms with E-state index in [1.165, 1.54) is 32.3 Å². The van der Waals surface area contributed by atoms with Crippen molar-refractivity contribution in [1.29, 1.82) is 0 Å². The normalized spacial score (nSPS) is 26.2. The van der Waals surface area contributed by atoms with Crippen molar-refractivity contribution in [2.45, 2.75) is 75.8 Å². The summed E-state index contributed by atoms with van der Waals surface area (Å²) in [7, 11) is 0. The highest BCUT2D eigenvalue weighted by molar-refractivity contribution is 5.85. The third-order valence-electron chi connectivity index (χ3n) is 5.64. The van der Waals surface area contributed by atoms with Gasteiger partial charge in [0.05, 0.1) is 18.7 Å². The van der Waals surface area contributed by atoms with Crippen LogP contribution < -0.4 is 16.8 Å². The zero-order chi connectivity index (χ0) is 23.0. The molecule has 11 nitrogen and oxygen atoms in total. The molecule has 176 valence electrons. The molecule has 0 radical (unpaired) electrons. The lowest BCUT2D eigenvalue weighted by Gasteiger charge is -2.40. The molecule has 0 aromatic rings. The Labute approximate surface area is 181 Å². The van der Waals surface area contributed by atoms with Crippen LogP contribution in [0.15, 0.2) is 16.8 Å². The maximum absolute atomic E-state index is 11.8. The number of guanidine groups is 1. The molecule has 1 amide bonds. The number of aliphatic carboxylic acids is 1. The number of hydrogen-bond donors (Lipinski definition) is 6. The second-order valence-corrected chi connectivity index (χ2v) is 8.07. The highest BCUT2D eigenvalue weighted by Crippen LogP contribution is 2.29. The van der Waals surface area contributed by atoms with Gasteiger partial charge in [0.15, 0.2) is 12.1 Å². The van der Waals surface area contributed by atoms with Gasteiger partial charge in [-0.05, 0) is 18.4 Å². The number of carboxylic acid groups (broad SMARTS) is 1. The maximum Gasteiger partial charge on any atom is 0.370 e. The SMILES string of the molecule is CC(=O)N[C@H]1[C@H]([C@H](OCCC2CCCCC2)[C@H](O)CO)OC(C(=O)O)=C[C@@H]1N=C(N)N. The summed E-state index contributed by atoms with van der Waals surface area (Å²) in [6.45, 7) is 0.930. The minimum Gasteiger partial charge on any atom is -0.478 e. The highest BCUT2D eigenvalue weighted by atomic mass is 16.6. The van der Waals surface area contributed by atoms with Crippen LogP contribution in [0.2, 0.25) is 0 Å². The van der Waals surface area contributed by atoms with E-state index >= 15 is 0 Å². The Morgan fingerprint density at radius 3 is 2.55 bits per heavy atom. The van der Waals surface area contributed by atoms with Crippen LogP contribution in [0.1, 0.15) is 45.4 Å². The van der Waals surface area contributed by atoms with Crippen molar-refractivity contribution in [3.63, 3.8) is 0 Å². The number of hydrogen-bond acceptors (Lipinski definition) is 7. The minimum atomic E-state index is -1.37. The molecule has 1 saturated carbocycles. The van der Waals surface area contributed by atoms with E-state index < -0.39 is 54.6 Å². The molecule has 1 aliphatic carbocycles. The van der Waals surface area contributed by atoms with Crippen molar-refractivity contribution >= 4 is 17.8 Å². The summed E-state index contributed by atoms with van der Waals surface area (Å²) < 4.78 is 11.5. The molecule has 8 N–H and O–H groups in total. The Morgan fingerprint density at radius 1 is 1.32 bits per heavy atom. The fourth-order valence-electron chi connectivity index (χ4n) is 4.17. The number of rotatable bonds is 10. The second kappa shape index (κ2) is 11.9. The van der Waals surface area contributed by atoms with Gasteiger partial charge in [-0.3, -0.25) is 4.79 Å². The van der Waals surface area contributed by atoms with Crippen LogP contribution in [0.25, 0.3) is 0 Å². The Hall–Kier alpha value is -2.37. The largest absolute Gasteiger partial charge is 0.478 e. The summed E-state index contributed by atoms with van der Waals surface area (Å²) in [6.07, 6.45) is 4.12. The molecule has 31 heavy (non-hydrogen) atoms. The van der Waals surface area contributed by atoms with Crippen molar-refractivity contribution in [3.8, 4) is 0 Å². The van der Waals surface area contributed by atoms with Crippen LogP contribution in [-0.4, -0.2) is 76.8 Å². The van der Waals surface area contributed by atoms with Crippen LogP contribution >= 0.6 is 0 Å². The first-order chi connectivity index (χ1) is 14.7. The molecule has 0 aromatic heterocycles. The van der Waals surface area contributed by atoms with E-state index in [1.807, 2.05) is 0 Å². The Morgan fingerprint density at radius 2 is 2.00 bits per heavy atom. The number of aliphatic imine (C=N–C) groups is 1. The fraction of sp³-hybridized carbons (Fsp3) is 0.750. The summed E-state index contributed by atoms with van der Waals surface area (Å²) in [5.74, 6) is -2.02. The molecule has 0 spiro atoms. The Bertz CT molecular complexity index is 674. The van der Waals surface area contributed by atoms with E-state index in [1.54, 1.807) is 0 Å². The average molecular weight is 443 g/mol. The topological polar surface area (TPSA) is 190 Å². The number of carbonyl (C=O) groups excluding carboxylic acids is 1. The number of amides is 1. The number of carboxylic acids is 1. The molecule has 0 unspecified atom stereocenters. The van der Waals surface area contributed by atoms with E-state index in [-0.39, 0.29) is 12.6 Å². The molecule has 11 heteroatoms. The number of nitrogens with zero attached hydrogens (tertiary/aromatic N) is 1. The molecule has 1 heterocycles. The van der Waals surface area contributed by atoms with Gasteiger partial charge in [0.2, 0.25) is 11.7 Å². The number of aliphatic hydroxyl groups is 2. The van der Waals surface area contributed by atoms with E-state index in [2.05, 4.69) is 10.3 Å². The molecular weight excluding hydrogens is 408 g/mol. The number of nitrogens with one attached hydrogen (secondary N) is 1. The average Bonchev–Trinajstić information content (AvgIpc) is 2.72. The van der Waals surface area contributed by atoms with Gasteiger partial charge in [-0.1, -0.05) is 32.1 Å². The summed E-state index contributed by atoms with van der Waals surface area (Å²) in [5, 5.41) is 32.1. The van der Waals surface area contributed by atoms with Crippen molar-refractivity contribution in [1.82, 2.24) is 5.32 Å². The van der Waals surface area contributed by atoms with Crippen LogP contribution in [0, 0.1) is 5.92 Å². The standard InChI is InChI=1S/C20H34N4O7/c1-11(26)23-16-13(24-20(21)22)9-15(19(28)29)31-18(16)17(14(27)10-25)30-8-7-12-5-3-2-4-6-12/h9,12-14,16-18,25,27H,2-8,10H2,1H3,(H,23,26)(H,28,29)(H4,21,22,24)/t13-,14+,16+,17+,18+/m0/s1. The van der Waals surface area contributed by atoms with Crippen LogP contribution in [0.5, 0.6) is 0 Å². The van der Waals surface area contributed by atoms with E-state index in [4.69, 9.17) is 20.9 Å². The lowest BCUT2D eigenvalue weighted by atomic mass is 9.87. The van der Waals surface area contributed by atoms with E-state index in [0.29, 0.717) is 5.92 Å². The number of aliphatic hydroxyl groups excluding tert-OH is 2. The van der Waals surface area contributed by atoms with Gasteiger partial charge in [-0.2, -0.15) is 0 Å². The van der Waals surface area contributed by atoms with Gasteiger partial charge < -0.3 is 41.6 Å². The molecule has 1 aliphatic heterocycles. The Kier molecular flexibility index (Phi) is 9.53. The van der Waals surface area contributed by atoms with Gasteiger partial charge in [0.25, 0.3) is 0 Å². The van der Waals surface area contributed by atoms with Crippen LogP contribution in [0.4, 0.5) is 0 Å². The van der Waals surface area contributed by atoms with Crippen molar-refractivity contribution < 1.29 is 34.4 Å². The van der Waals surface area contributed by atoms with Crippen LogP contribution in [0.3, 0.4) is 0 Å².